The smallest absolute Gasteiger partial charge is 0.227 e. The molecular formula is C12H23ClN2O. The van der Waals surface area contributed by atoms with Gasteiger partial charge in [0.2, 0.25) is 5.91 Å². The maximum Gasteiger partial charge on any atom is 0.227 e. The summed E-state index contributed by atoms with van der Waals surface area (Å²) in [6, 6.07) is 0. The first-order valence-electron chi connectivity index (χ1n) is 6.18. The number of nitrogens with zero attached hydrogens (tertiary/aromatic N) is 1. The lowest BCUT2D eigenvalue weighted by atomic mass is 9.88. The third-order valence-corrected chi connectivity index (χ3v) is 4.06. The third-order valence-electron chi connectivity index (χ3n) is 4.06. The van der Waals surface area contributed by atoms with Crippen molar-refractivity contribution in [1.82, 2.24) is 10.2 Å². The van der Waals surface area contributed by atoms with Crippen LogP contribution in [0.25, 0.3) is 0 Å². The van der Waals surface area contributed by atoms with E-state index in [0.717, 1.165) is 38.5 Å². The zero-order chi connectivity index (χ0) is 10.8. The summed E-state index contributed by atoms with van der Waals surface area (Å²) < 4.78 is 0. The van der Waals surface area contributed by atoms with Crippen molar-refractivity contribution < 1.29 is 4.79 Å². The van der Waals surface area contributed by atoms with Crippen LogP contribution in [0, 0.1) is 17.8 Å². The van der Waals surface area contributed by atoms with Gasteiger partial charge < -0.3 is 10.2 Å². The fourth-order valence-electron chi connectivity index (χ4n) is 2.59. The van der Waals surface area contributed by atoms with Crippen LogP contribution in [0.4, 0.5) is 0 Å². The highest BCUT2D eigenvalue weighted by molar-refractivity contribution is 5.85. The standard InChI is InChI=1S/C12H22N2O.ClH/c1-9-4-6-14(8-10(9)2)12(15)11-3-5-13-7-11;/h9-11,13H,3-8H2,1-2H3;1H. The predicted molar refractivity (Wildman–Crippen MR) is 67.7 cm³/mol. The molecule has 2 rings (SSSR count). The Bertz CT molecular complexity index is 241. The minimum absolute atomic E-state index is 0. The second kappa shape index (κ2) is 5.87. The Hall–Kier alpha value is -0.280. The number of likely N-dealkylation sites (tertiary alicyclic amines) is 1. The van der Waals surface area contributed by atoms with Crippen LogP contribution in [0.1, 0.15) is 26.7 Å². The molecule has 2 fully saturated rings. The summed E-state index contributed by atoms with van der Waals surface area (Å²) >= 11 is 0. The monoisotopic (exact) mass is 246 g/mol. The summed E-state index contributed by atoms with van der Waals surface area (Å²) in [5, 5.41) is 3.26. The van der Waals surface area contributed by atoms with Crippen LogP contribution < -0.4 is 5.32 Å². The van der Waals surface area contributed by atoms with Crippen molar-refractivity contribution in [3.05, 3.63) is 0 Å². The van der Waals surface area contributed by atoms with E-state index in [1.54, 1.807) is 0 Å². The molecule has 3 atom stereocenters. The van der Waals surface area contributed by atoms with Gasteiger partial charge in [0.1, 0.15) is 0 Å². The summed E-state index contributed by atoms with van der Waals surface area (Å²) in [6.45, 7) is 8.40. The highest BCUT2D eigenvalue weighted by Gasteiger charge is 2.31. The number of carbonyl (C=O) groups excluding carboxylic acids is 1. The zero-order valence-electron chi connectivity index (χ0n) is 10.2. The molecule has 0 aromatic rings. The van der Waals surface area contributed by atoms with Crippen LogP contribution in [-0.4, -0.2) is 37.0 Å². The molecule has 0 aromatic heterocycles. The average Bonchev–Trinajstić information content (AvgIpc) is 2.74. The fraction of sp³-hybridized carbons (Fsp3) is 0.917. The second-order valence-corrected chi connectivity index (χ2v) is 5.22. The minimum atomic E-state index is 0. The quantitative estimate of drug-likeness (QED) is 0.761. The van der Waals surface area contributed by atoms with Crippen LogP contribution in [-0.2, 0) is 4.79 Å². The molecule has 2 aliphatic heterocycles. The van der Waals surface area contributed by atoms with Crippen molar-refractivity contribution in [2.45, 2.75) is 26.7 Å². The fourth-order valence-corrected chi connectivity index (χ4v) is 2.59. The van der Waals surface area contributed by atoms with Crippen molar-refractivity contribution in [2.75, 3.05) is 26.2 Å². The number of rotatable bonds is 1. The van der Waals surface area contributed by atoms with Crippen LogP contribution in [0.3, 0.4) is 0 Å². The number of halogens is 1. The zero-order valence-corrected chi connectivity index (χ0v) is 11.1. The number of carbonyl (C=O) groups is 1. The SMILES string of the molecule is CC1CCN(C(=O)C2CCNC2)CC1C.Cl. The van der Waals surface area contributed by atoms with Gasteiger partial charge in [0, 0.05) is 19.6 Å². The molecule has 1 amide bonds. The van der Waals surface area contributed by atoms with Gasteiger partial charge in [0.25, 0.3) is 0 Å². The Morgan fingerprint density at radius 3 is 2.56 bits per heavy atom. The molecule has 3 nitrogen and oxygen atoms in total. The maximum atomic E-state index is 12.1. The van der Waals surface area contributed by atoms with E-state index in [9.17, 15) is 4.79 Å². The molecule has 0 saturated carbocycles. The van der Waals surface area contributed by atoms with E-state index in [2.05, 4.69) is 24.1 Å². The molecule has 16 heavy (non-hydrogen) atoms. The summed E-state index contributed by atoms with van der Waals surface area (Å²) in [5.41, 5.74) is 0. The Kier molecular flexibility index (Phi) is 5.06. The van der Waals surface area contributed by atoms with Crippen LogP contribution >= 0.6 is 12.4 Å². The van der Waals surface area contributed by atoms with Gasteiger partial charge in [-0.15, -0.1) is 12.4 Å². The van der Waals surface area contributed by atoms with E-state index in [1.807, 2.05) is 0 Å². The maximum absolute atomic E-state index is 12.1. The highest BCUT2D eigenvalue weighted by Crippen LogP contribution is 2.24. The molecule has 0 radical (unpaired) electrons. The molecule has 2 heterocycles. The molecule has 1 N–H and O–H groups in total. The van der Waals surface area contributed by atoms with Crippen molar-refractivity contribution in [3.8, 4) is 0 Å². The lowest BCUT2D eigenvalue weighted by molar-refractivity contribution is -0.137. The van der Waals surface area contributed by atoms with Crippen molar-refractivity contribution >= 4 is 18.3 Å². The van der Waals surface area contributed by atoms with Gasteiger partial charge in [0.15, 0.2) is 0 Å². The Balaban J connectivity index is 0.00000128. The van der Waals surface area contributed by atoms with E-state index in [1.165, 1.54) is 6.42 Å². The first-order valence-corrected chi connectivity index (χ1v) is 6.18. The molecule has 2 saturated heterocycles. The second-order valence-electron chi connectivity index (χ2n) is 5.22. The van der Waals surface area contributed by atoms with E-state index in [4.69, 9.17) is 0 Å². The molecule has 0 bridgehead atoms. The summed E-state index contributed by atoms with van der Waals surface area (Å²) in [4.78, 5) is 14.2. The molecule has 3 unspecified atom stereocenters. The van der Waals surface area contributed by atoms with Gasteiger partial charge in [-0.3, -0.25) is 4.79 Å². The Labute approximate surface area is 104 Å². The summed E-state index contributed by atoms with van der Waals surface area (Å²) in [5.74, 6) is 2.08. The number of hydrogen-bond donors (Lipinski definition) is 1. The van der Waals surface area contributed by atoms with E-state index in [0.29, 0.717) is 11.8 Å². The lowest BCUT2D eigenvalue weighted by Gasteiger charge is -2.36. The lowest BCUT2D eigenvalue weighted by Crippen LogP contribution is -2.45. The number of nitrogens with one attached hydrogen (secondary N) is 1. The van der Waals surface area contributed by atoms with E-state index in [-0.39, 0.29) is 18.3 Å². The average molecular weight is 247 g/mol. The normalized spacial score (nSPS) is 34.6. The molecule has 0 aliphatic carbocycles. The first kappa shape index (κ1) is 13.8. The molecule has 0 aromatic carbocycles. The first-order chi connectivity index (χ1) is 7.18. The molecule has 4 heteroatoms. The summed E-state index contributed by atoms with van der Waals surface area (Å²) in [7, 11) is 0. The van der Waals surface area contributed by atoms with Crippen molar-refractivity contribution in [1.29, 1.82) is 0 Å². The largest absolute Gasteiger partial charge is 0.342 e. The minimum Gasteiger partial charge on any atom is -0.342 e. The molecule has 2 aliphatic rings. The topological polar surface area (TPSA) is 32.3 Å². The summed E-state index contributed by atoms with van der Waals surface area (Å²) in [6.07, 6.45) is 2.20. The van der Waals surface area contributed by atoms with E-state index >= 15 is 0 Å². The Morgan fingerprint density at radius 1 is 1.25 bits per heavy atom. The van der Waals surface area contributed by atoms with Crippen molar-refractivity contribution in [3.63, 3.8) is 0 Å². The number of hydrogen-bond acceptors (Lipinski definition) is 2. The van der Waals surface area contributed by atoms with Gasteiger partial charge in [-0.2, -0.15) is 0 Å². The van der Waals surface area contributed by atoms with Crippen molar-refractivity contribution in [2.24, 2.45) is 17.8 Å². The Morgan fingerprint density at radius 2 is 2.00 bits per heavy atom. The highest BCUT2D eigenvalue weighted by atomic mass is 35.5. The molecule has 94 valence electrons. The molecular weight excluding hydrogens is 224 g/mol. The number of amides is 1. The van der Waals surface area contributed by atoms with Gasteiger partial charge >= 0.3 is 0 Å². The van der Waals surface area contributed by atoms with Gasteiger partial charge in [-0.05, 0) is 31.2 Å². The van der Waals surface area contributed by atoms with Crippen LogP contribution in [0.15, 0.2) is 0 Å². The molecule has 0 spiro atoms. The predicted octanol–water partition coefficient (Wildman–Crippen LogP) is 1.52. The van der Waals surface area contributed by atoms with Crippen LogP contribution in [0.5, 0.6) is 0 Å². The number of piperidine rings is 1. The van der Waals surface area contributed by atoms with E-state index < -0.39 is 0 Å². The van der Waals surface area contributed by atoms with Gasteiger partial charge in [-0.25, -0.2) is 0 Å². The van der Waals surface area contributed by atoms with Gasteiger partial charge in [-0.1, -0.05) is 13.8 Å². The third kappa shape index (κ3) is 2.89. The van der Waals surface area contributed by atoms with Crippen LogP contribution in [0.2, 0.25) is 0 Å². The van der Waals surface area contributed by atoms with Gasteiger partial charge in [0.05, 0.1) is 5.92 Å².